The van der Waals surface area contributed by atoms with Crippen molar-refractivity contribution in [3.63, 3.8) is 0 Å². The van der Waals surface area contributed by atoms with Gasteiger partial charge >= 0.3 is 0 Å². The van der Waals surface area contributed by atoms with Gasteiger partial charge in [0.25, 0.3) is 0 Å². The first-order valence-electron chi connectivity index (χ1n) is 16.8. The summed E-state index contributed by atoms with van der Waals surface area (Å²) in [6.45, 7) is 5.38. The average Bonchev–Trinajstić information content (AvgIpc) is 2.91. The van der Waals surface area contributed by atoms with Crippen LogP contribution in [0.15, 0.2) is 18.2 Å². The third-order valence-corrected chi connectivity index (χ3v) is 7.90. The summed E-state index contributed by atoms with van der Waals surface area (Å²) < 4.78 is 6.06. The Balaban J connectivity index is 1.97. The molecule has 2 nitrogen and oxygen atoms in total. The molecule has 0 amide bonds. The molecule has 0 spiro atoms. The molecule has 0 aliphatic rings. The maximum atomic E-state index is 6.19. The molecule has 0 radical (unpaired) electrons. The van der Waals surface area contributed by atoms with Crippen LogP contribution in [0.25, 0.3) is 0 Å². The minimum atomic E-state index is 0.785. The second-order valence-electron chi connectivity index (χ2n) is 11.6. The molecule has 1 rings (SSSR count). The van der Waals surface area contributed by atoms with Gasteiger partial charge in [0.15, 0.2) is 0 Å². The fraction of sp³-hybridized carbons (Fsp3) is 0.829. The molecule has 2 heteroatoms. The van der Waals surface area contributed by atoms with Gasteiger partial charge in [-0.25, -0.2) is 0 Å². The van der Waals surface area contributed by atoms with Crippen LogP contribution in [0.2, 0.25) is 0 Å². The second kappa shape index (κ2) is 26.4. The van der Waals surface area contributed by atoms with Crippen LogP contribution in [-0.2, 0) is 6.42 Å². The Morgan fingerprint density at radius 1 is 0.486 bits per heavy atom. The van der Waals surface area contributed by atoms with Crippen LogP contribution in [0.1, 0.15) is 180 Å². The number of benzene rings is 1. The van der Waals surface area contributed by atoms with Gasteiger partial charge in [-0.3, -0.25) is 0 Å². The molecule has 1 aromatic carbocycles. The Hall–Kier alpha value is -1.18. The van der Waals surface area contributed by atoms with Crippen molar-refractivity contribution in [3.05, 3.63) is 23.8 Å². The topological polar surface area (TPSA) is 35.2 Å². The van der Waals surface area contributed by atoms with E-state index >= 15 is 0 Å². The fourth-order valence-corrected chi connectivity index (χ4v) is 5.33. The number of nitrogens with two attached hydrogens (primary N) is 1. The van der Waals surface area contributed by atoms with Gasteiger partial charge in [-0.1, -0.05) is 168 Å². The Morgan fingerprint density at radius 3 is 1.30 bits per heavy atom. The monoisotopic (exact) mass is 516 g/mol. The van der Waals surface area contributed by atoms with Crippen molar-refractivity contribution in [3.8, 4) is 5.75 Å². The maximum absolute atomic E-state index is 6.19. The van der Waals surface area contributed by atoms with Gasteiger partial charge in [-0.15, -0.1) is 0 Å². The highest BCUT2D eigenvalue weighted by molar-refractivity contribution is 5.54. The number of hydrogen-bond acceptors (Lipinski definition) is 2. The lowest BCUT2D eigenvalue weighted by atomic mass is 10.0. The van der Waals surface area contributed by atoms with Crippen LogP contribution in [0.4, 0.5) is 5.69 Å². The van der Waals surface area contributed by atoms with Crippen LogP contribution >= 0.6 is 0 Å². The minimum Gasteiger partial charge on any atom is -0.491 e. The summed E-state index contributed by atoms with van der Waals surface area (Å²) in [4.78, 5) is 0. The van der Waals surface area contributed by atoms with E-state index < -0.39 is 0 Å². The number of aryl methyl sites for hydroxylation is 1. The number of rotatable bonds is 28. The zero-order chi connectivity index (χ0) is 26.7. The Labute approximate surface area is 232 Å². The van der Waals surface area contributed by atoms with Gasteiger partial charge in [0.2, 0.25) is 0 Å². The van der Waals surface area contributed by atoms with Crippen LogP contribution in [0.5, 0.6) is 5.75 Å². The molecule has 0 saturated carbocycles. The summed E-state index contributed by atoms with van der Waals surface area (Å²) in [7, 11) is 0. The normalized spacial score (nSPS) is 11.3. The second-order valence-corrected chi connectivity index (χ2v) is 11.6. The first-order chi connectivity index (χ1) is 18.3. The Morgan fingerprint density at radius 2 is 0.865 bits per heavy atom. The number of hydrogen-bond donors (Lipinski definition) is 1. The van der Waals surface area contributed by atoms with E-state index in [0.717, 1.165) is 30.9 Å². The Kier molecular flexibility index (Phi) is 24.2. The largest absolute Gasteiger partial charge is 0.491 e. The molecule has 0 heterocycles. The average molecular weight is 516 g/mol. The SMILES string of the molecule is CCCCCCCCCCCCCCCc1ccc(N)c(OCCCCCCCCCCCCCC)c1. The number of unbranched alkanes of at least 4 members (excludes halogenated alkanes) is 23. The first kappa shape index (κ1) is 33.8. The van der Waals surface area contributed by atoms with E-state index in [1.165, 1.54) is 160 Å². The molecule has 0 aliphatic carbocycles. The van der Waals surface area contributed by atoms with E-state index in [1.54, 1.807) is 0 Å². The van der Waals surface area contributed by atoms with Crippen LogP contribution in [-0.4, -0.2) is 6.61 Å². The van der Waals surface area contributed by atoms with Crippen molar-refractivity contribution in [2.45, 2.75) is 181 Å². The molecule has 0 unspecified atom stereocenters. The third kappa shape index (κ3) is 21.4. The predicted molar refractivity (Wildman–Crippen MR) is 167 cm³/mol. The van der Waals surface area contributed by atoms with Gasteiger partial charge in [0, 0.05) is 0 Å². The van der Waals surface area contributed by atoms with Crippen LogP contribution < -0.4 is 10.5 Å². The molecule has 0 aromatic heterocycles. The predicted octanol–water partition coefficient (Wildman–Crippen LogP) is 12.0. The lowest BCUT2D eigenvalue weighted by Gasteiger charge is -2.11. The summed E-state index contributed by atoms with van der Waals surface area (Å²) in [6, 6.07) is 6.41. The summed E-state index contributed by atoms with van der Waals surface area (Å²) in [5, 5.41) is 0. The molecule has 1 aromatic rings. The van der Waals surface area contributed by atoms with E-state index in [2.05, 4.69) is 26.0 Å². The number of ether oxygens (including phenoxy) is 1. The van der Waals surface area contributed by atoms with E-state index in [4.69, 9.17) is 10.5 Å². The summed E-state index contributed by atoms with van der Waals surface area (Å²) in [5.74, 6) is 0.898. The fourth-order valence-electron chi connectivity index (χ4n) is 5.33. The maximum Gasteiger partial charge on any atom is 0.142 e. The lowest BCUT2D eigenvalue weighted by molar-refractivity contribution is 0.305. The molecule has 2 N–H and O–H groups in total. The van der Waals surface area contributed by atoms with Crippen molar-refractivity contribution in [2.75, 3.05) is 12.3 Å². The van der Waals surface area contributed by atoms with Gasteiger partial charge in [-0.2, -0.15) is 0 Å². The van der Waals surface area contributed by atoms with E-state index in [0.29, 0.717) is 0 Å². The van der Waals surface area contributed by atoms with Crippen molar-refractivity contribution >= 4 is 5.69 Å². The van der Waals surface area contributed by atoms with Crippen molar-refractivity contribution in [2.24, 2.45) is 0 Å². The zero-order valence-electron chi connectivity index (χ0n) is 25.3. The van der Waals surface area contributed by atoms with Crippen LogP contribution in [0, 0.1) is 0 Å². The highest BCUT2D eigenvalue weighted by Gasteiger charge is 2.03. The molecule has 0 aliphatic heterocycles. The molecule has 37 heavy (non-hydrogen) atoms. The number of anilines is 1. The molecular weight excluding hydrogens is 450 g/mol. The summed E-state index contributed by atoms with van der Waals surface area (Å²) in [5.41, 5.74) is 8.35. The highest BCUT2D eigenvalue weighted by atomic mass is 16.5. The van der Waals surface area contributed by atoms with E-state index in [-0.39, 0.29) is 0 Å². The van der Waals surface area contributed by atoms with Crippen molar-refractivity contribution < 1.29 is 4.74 Å². The molecule has 216 valence electrons. The minimum absolute atomic E-state index is 0.785. The van der Waals surface area contributed by atoms with E-state index in [1.807, 2.05) is 6.07 Å². The molecule has 0 bridgehead atoms. The molecule has 0 saturated heterocycles. The lowest BCUT2D eigenvalue weighted by Crippen LogP contribution is -2.01. The highest BCUT2D eigenvalue weighted by Crippen LogP contribution is 2.24. The van der Waals surface area contributed by atoms with Gasteiger partial charge in [0.1, 0.15) is 5.75 Å². The Bertz CT molecular complexity index is 599. The first-order valence-corrected chi connectivity index (χ1v) is 16.8. The standard InChI is InChI=1S/C35H65NO/c1-3-5-7-9-11-13-15-17-18-20-22-24-26-28-33-29-30-34(36)35(32-33)37-31-27-25-23-21-19-16-14-12-10-8-6-4-2/h29-30,32H,3-28,31,36H2,1-2H3. The zero-order valence-corrected chi connectivity index (χ0v) is 25.3. The van der Waals surface area contributed by atoms with E-state index in [9.17, 15) is 0 Å². The quantitative estimate of drug-likeness (QED) is 0.0889. The summed E-state index contributed by atoms with van der Waals surface area (Å²) in [6.07, 6.45) is 35.9. The third-order valence-electron chi connectivity index (χ3n) is 7.90. The van der Waals surface area contributed by atoms with Crippen molar-refractivity contribution in [1.29, 1.82) is 0 Å². The number of nitrogen functional groups attached to an aromatic ring is 1. The van der Waals surface area contributed by atoms with Gasteiger partial charge in [-0.05, 0) is 37.0 Å². The molecular formula is C35H65NO. The smallest absolute Gasteiger partial charge is 0.142 e. The van der Waals surface area contributed by atoms with Crippen molar-refractivity contribution in [1.82, 2.24) is 0 Å². The molecule has 0 fully saturated rings. The van der Waals surface area contributed by atoms with Gasteiger partial charge < -0.3 is 10.5 Å². The molecule has 0 atom stereocenters. The summed E-state index contributed by atoms with van der Waals surface area (Å²) >= 11 is 0. The van der Waals surface area contributed by atoms with Crippen LogP contribution in [0.3, 0.4) is 0 Å². The van der Waals surface area contributed by atoms with Gasteiger partial charge in [0.05, 0.1) is 12.3 Å².